The second-order valence-corrected chi connectivity index (χ2v) is 4.93. The van der Waals surface area contributed by atoms with Crippen LogP contribution in [0.1, 0.15) is 31.1 Å². The Morgan fingerprint density at radius 1 is 1.29 bits per heavy atom. The molecule has 1 amide bonds. The van der Waals surface area contributed by atoms with Crippen LogP contribution in [0.25, 0.3) is 0 Å². The highest BCUT2D eigenvalue weighted by Crippen LogP contribution is 2.17. The van der Waals surface area contributed by atoms with Gasteiger partial charge in [0.1, 0.15) is 6.04 Å². The van der Waals surface area contributed by atoms with Crippen molar-refractivity contribution < 1.29 is 4.79 Å². The lowest BCUT2D eigenvalue weighted by atomic mass is 10.1. The van der Waals surface area contributed by atoms with Crippen LogP contribution in [0.5, 0.6) is 0 Å². The van der Waals surface area contributed by atoms with Crippen molar-refractivity contribution in [3.63, 3.8) is 0 Å². The molecule has 0 bridgehead atoms. The summed E-state index contributed by atoms with van der Waals surface area (Å²) in [7, 11) is 0. The van der Waals surface area contributed by atoms with Crippen LogP contribution in [-0.4, -0.2) is 15.7 Å². The number of aryl methyl sites for hydroxylation is 2. The second kappa shape index (κ2) is 6.35. The summed E-state index contributed by atoms with van der Waals surface area (Å²) in [5.41, 5.74) is 2.25. The normalized spacial score (nSPS) is 12.0. The van der Waals surface area contributed by atoms with E-state index >= 15 is 0 Å². The van der Waals surface area contributed by atoms with Crippen molar-refractivity contribution >= 4 is 11.6 Å². The molecule has 1 atom stereocenters. The molecule has 1 aromatic heterocycles. The third kappa shape index (κ3) is 3.37. The molecule has 0 aliphatic rings. The van der Waals surface area contributed by atoms with E-state index in [1.807, 2.05) is 31.2 Å². The number of hydrogen-bond acceptors (Lipinski definition) is 3. The molecule has 0 aliphatic carbocycles. The van der Waals surface area contributed by atoms with E-state index < -0.39 is 6.04 Å². The third-order valence-electron chi connectivity index (χ3n) is 3.36. The van der Waals surface area contributed by atoms with Gasteiger partial charge in [0.2, 0.25) is 5.91 Å². The Labute approximate surface area is 123 Å². The minimum Gasteiger partial charge on any atom is -0.324 e. The summed E-state index contributed by atoms with van der Waals surface area (Å²) in [5, 5.41) is 6.99. The van der Waals surface area contributed by atoms with Crippen LogP contribution < -0.4 is 10.9 Å². The average Bonchev–Trinajstić information content (AvgIpc) is 2.49. The summed E-state index contributed by atoms with van der Waals surface area (Å²) in [6, 6.07) is 10.0. The maximum Gasteiger partial charge on any atom is 0.267 e. The molecular formula is C16H19N3O2. The van der Waals surface area contributed by atoms with Crippen LogP contribution in [0, 0.1) is 6.92 Å². The van der Waals surface area contributed by atoms with E-state index in [-0.39, 0.29) is 11.5 Å². The Balaban J connectivity index is 2.24. The third-order valence-corrected chi connectivity index (χ3v) is 3.36. The minimum atomic E-state index is -0.665. The molecule has 0 aliphatic heterocycles. The first-order valence-corrected chi connectivity index (χ1v) is 6.98. The van der Waals surface area contributed by atoms with Gasteiger partial charge in [-0.3, -0.25) is 9.59 Å². The largest absolute Gasteiger partial charge is 0.324 e. The molecule has 1 aromatic carbocycles. The van der Waals surface area contributed by atoms with Crippen molar-refractivity contribution in [3.8, 4) is 0 Å². The highest BCUT2D eigenvalue weighted by Gasteiger charge is 2.18. The summed E-state index contributed by atoms with van der Waals surface area (Å²) < 4.78 is 1.21. The standard InChI is InChI=1S/C16H19N3O2/c1-4-13-7-5-6-8-14(13)17-16(21)12(3)19-15(20)10-9-11(2)18-19/h5-10,12H,4H2,1-3H3,(H,17,21). The predicted molar refractivity (Wildman–Crippen MR) is 82.4 cm³/mol. The van der Waals surface area contributed by atoms with Gasteiger partial charge in [-0.15, -0.1) is 0 Å². The number of carbonyl (C=O) groups is 1. The van der Waals surface area contributed by atoms with Crippen molar-refractivity contribution in [3.05, 3.63) is 58.0 Å². The summed E-state index contributed by atoms with van der Waals surface area (Å²) in [5.74, 6) is -0.254. The summed E-state index contributed by atoms with van der Waals surface area (Å²) >= 11 is 0. The lowest BCUT2D eigenvalue weighted by Crippen LogP contribution is -2.33. The highest BCUT2D eigenvalue weighted by molar-refractivity contribution is 5.94. The molecule has 1 N–H and O–H groups in total. The van der Waals surface area contributed by atoms with Gasteiger partial charge < -0.3 is 5.32 Å². The Hall–Kier alpha value is -2.43. The number of para-hydroxylation sites is 1. The zero-order valence-electron chi connectivity index (χ0n) is 12.5. The molecular weight excluding hydrogens is 266 g/mol. The molecule has 2 rings (SSSR count). The van der Waals surface area contributed by atoms with Crippen LogP contribution in [0.4, 0.5) is 5.69 Å². The van der Waals surface area contributed by atoms with E-state index in [4.69, 9.17) is 0 Å². The lowest BCUT2D eigenvalue weighted by molar-refractivity contribution is -0.119. The van der Waals surface area contributed by atoms with Gasteiger partial charge in [0.05, 0.1) is 5.69 Å². The smallest absolute Gasteiger partial charge is 0.267 e. The highest BCUT2D eigenvalue weighted by atomic mass is 16.2. The summed E-state index contributed by atoms with van der Waals surface area (Å²) in [6.07, 6.45) is 0.827. The van der Waals surface area contributed by atoms with Gasteiger partial charge >= 0.3 is 0 Å². The Morgan fingerprint density at radius 3 is 2.71 bits per heavy atom. The van der Waals surface area contributed by atoms with Crippen LogP contribution in [0.15, 0.2) is 41.2 Å². The second-order valence-electron chi connectivity index (χ2n) is 4.93. The number of hydrogen-bond donors (Lipinski definition) is 1. The van der Waals surface area contributed by atoms with Crippen molar-refractivity contribution in [2.24, 2.45) is 0 Å². The fraction of sp³-hybridized carbons (Fsp3) is 0.312. The van der Waals surface area contributed by atoms with Gasteiger partial charge in [0.25, 0.3) is 5.56 Å². The van der Waals surface area contributed by atoms with Crippen LogP contribution in [0.2, 0.25) is 0 Å². The molecule has 110 valence electrons. The van der Waals surface area contributed by atoms with Crippen molar-refractivity contribution in [2.75, 3.05) is 5.32 Å². The van der Waals surface area contributed by atoms with Gasteiger partial charge in [0.15, 0.2) is 0 Å². The topological polar surface area (TPSA) is 64.0 Å². The molecule has 0 radical (unpaired) electrons. The Bertz CT molecular complexity index is 707. The molecule has 0 saturated heterocycles. The molecule has 0 saturated carbocycles. The first-order valence-electron chi connectivity index (χ1n) is 6.98. The number of aromatic nitrogens is 2. The number of nitrogens with zero attached hydrogens (tertiary/aromatic N) is 2. The number of benzene rings is 1. The zero-order valence-corrected chi connectivity index (χ0v) is 12.5. The monoisotopic (exact) mass is 285 g/mol. The van der Waals surface area contributed by atoms with Gasteiger partial charge in [0, 0.05) is 11.8 Å². The van der Waals surface area contributed by atoms with E-state index in [0.717, 1.165) is 17.7 Å². The predicted octanol–water partition coefficient (Wildman–Crippen LogP) is 2.31. The average molecular weight is 285 g/mol. The van der Waals surface area contributed by atoms with E-state index in [2.05, 4.69) is 10.4 Å². The quantitative estimate of drug-likeness (QED) is 0.937. The number of anilines is 1. The van der Waals surface area contributed by atoms with E-state index in [1.165, 1.54) is 10.7 Å². The number of rotatable bonds is 4. The van der Waals surface area contributed by atoms with Crippen molar-refractivity contribution in [1.82, 2.24) is 9.78 Å². The first kappa shape index (κ1) is 15.0. The SMILES string of the molecule is CCc1ccccc1NC(=O)C(C)n1nc(C)ccc1=O. The minimum absolute atomic E-state index is 0.254. The fourth-order valence-corrected chi connectivity index (χ4v) is 2.10. The van der Waals surface area contributed by atoms with Crippen LogP contribution >= 0.6 is 0 Å². The molecule has 1 unspecified atom stereocenters. The van der Waals surface area contributed by atoms with Gasteiger partial charge in [-0.05, 0) is 38.0 Å². The molecule has 21 heavy (non-hydrogen) atoms. The number of carbonyl (C=O) groups excluding carboxylic acids is 1. The zero-order chi connectivity index (χ0) is 15.4. The number of nitrogens with one attached hydrogen (secondary N) is 1. The summed E-state index contributed by atoms with van der Waals surface area (Å²) in [4.78, 5) is 24.1. The van der Waals surface area contributed by atoms with Crippen LogP contribution in [0.3, 0.4) is 0 Å². The molecule has 0 spiro atoms. The van der Waals surface area contributed by atoms with E-state index in [1.54, 1.807) is 19.9 Å². The van der Waals surface area contributed by atoms with Gasteiger partial charge in [-0.25, -0.2) is 4.68 Å². The lowest BCUT2D eigenvalue weighted by Gasteiger charge is -2.16. The van der Waals surface area contributed by atoms with Crippen molar-refractivity contribution in [1.29, 1.82) is 0 Å². The molecule has 1 heterocycles. The maximum absolute atomic E-state index is 12.3. The molecule has 0 fully saturated rings. The molecule has 2 aromatic rings. The molecule has 5 nitrogen and oxygen atoms in total. The first-order chi connectivity index (χ1) is 10.0. The van der Waals surface area contributed by atoms with E-state index in [9.17, 15) is 9.59 Å². The maximum atomic E-state index is 12.3. The van der Waals surface area contributed by atoms with Crippen LogP contribution in [-0.2, 0) is 11.2 Å². The Morgan fingerprint density at radius 2 is 2.00 bits per heavy atom. The molecule has 5 heteroatoms. The Kier molecular flexibility index (Phi) is 4.52. The van der Waals surface area contributed by atoms with E-state index in [0.29, 0.717) is 5.69 Å². The number of amides is 1. The fourth-order valence-electron chi connectivity index (χ4n) is 2.10. The summed E-state index contributed by atoms with van der Waals surface area (Å²) in [6.45, 7) is 5.48. The van der Waals surface area contributed by atoms with Crippen molar-refractivity contribution in [2.45, 2.75) is 33.2 Å². The van der Waals surface area contributed by atoms with Gasteiger partial charge in [-0.1, -0.05) is 25.1 Å². The van der Waals surface area contributed by atoms with Gasteiger partial charge in [-0.2, -0.15) is 5.10 Å².